The van der Waals surface area contributed by atoms with E-state index < -0.39 is 0 Å². The van der Waals surface area contributed by atoms with Gasteiger partial charge in [-0.25, -0.2) is 0 Å². The summed E-state index contributed by atoms with van der Waals surface area (Å²) in [6.45, 7) is 0. The van der Waals surface area contributed by atoms with Gasteiger partial charge in [-0.1, -0.05) is 5.64 Å². The first-order valence-corrected chi connectivity index (χ1v) is 1.50. The van der Waals surface area contributed by atoms with Crippen LogP contribution in [0, 0.1) is 0 Å². The van der Waals surface area contributed by atoms with Crippen LogP contribution in [0.15, 0.2) is 0 Å². The molecule has 4 nitrogen and oxygen atoms in total. The van der Waals surface area contributed by atoms with Crippen molar-refractivity contribution >= 4 is 0 Å². The van der Waals surface area contributed by atoms with Crippen LogP contribution in [0.1, 0.15) is 0 Å². The topological polar surface area (TPSA) is 44.7 Å². The van der Waals surface area contributed by atoms with Crippen molar-refractivity contribution in [1.82, 2.24) is 10.7 Å². The summed E-state index contributed by atoms with van der Waals surface area (Å²) in [6.07, 6.45) is 0. The molecule has 38 valence electrons. The average Bonchev–Trinajstić information content (AvgIpc) is 1.35. The second-order valence-corrected chi connectivity index (χ2v) is 0.995. The molecule has 0 saturated carbocycles. The average molecular weight is 92.1 g/mol. The van der Waals surface area contributed by atoms with Gasteiger partial charge in [0.25, 0.3) is 0 Å². The molecule has 0 atom stereocenters. The first-order valence-electron chi connectivity index (χ1n) is 1.50. The van der Waals surface area contributed by atoms with E-state index in [-0.39, 0.29) is 0 Å². The van der Waals surface area contributed by atoms with Gasteiger partial charge < -0.3 is 0 Å². The van der Waals surface area contributed by atoms with Crippen molar-refractivity contribution < 1.29 is 10.1 Å². The molecule has 0 aliphatic heterocycles. The first kappa shape index (κ1) is 5.84. The van der Waals surface area contributed by atoms with Gasteiger partial charge in [0.2, 0.25) is 0 Å². The molecule has 2 N–H and O–H groups in total. The molecule has 0 heterocycles. The van der Waals surface area contributed by atoms with Gasteiger partial charge in [-0.05, 0) is 0 Å². The molecule has 0 rings (SSSR count). The van der Waals surface area contributed by atoms with Crippen LogP contribution in [0.25, 0.3) is 0 Å². The summed E-state index contributed by atoms with van der Waals surface area (Å²) in [4.78, 5) is 4.18. The maximum absolute atomic E-state index is 7.72. The maximum atomic E-state index is 7.72. The quantitative estimate of drug-likeness (QED) is 0.445. The lowest BCUT2D eigenvalue weighted by Gasteiger charge is -2.03. The summed E-state index contributed by atoms with van der Waals surface area (Å²) in [5.41, 5.74) is 1.49. The summed E-state index contributed by atoms with van der Waals surface area (Å²) >= 11 is 0. The Kier molecular flexibility index (Phi) is 2.97. The van der Waals surface area contributed by atoms with Gasteiger partial charge in [-0.15, -0.1) is 0 Å². The number of rotatable bonds is 2. The van der Waals surface area contributed by atoms with Gasteiger partial charge in [0.1, 0.15) is 0 Å². The predicted octanol–water partition coefficient (Wildman–Crippen LogP) is -0.627. The van der Waals surface area contributed by atoms with E-state index in [9.17, 15) is 0 Å². The fourth-order valence-electron chi connectivity index (χ4n) is 0.0816. The zero-order chi connectivity index (χ0) is 4.99. The van der Waals surface area contributed by atoms with Crippen LogP contribution in [-0.4, -0.2) is 24.4 Å². The van der Waals surface area contributed by atoms with Crippen LogP contribution in [0.3, 0.4) is 0 Å². The Morgan fingerprint density at radius 3 is 2.17 bits per heavy atom. The monoisotopic (exact) mass is 92.1 g/mol. The van der Waals surface area contributed by atoms with Gasteiger partial charge in [0.15, 0.2) is 0 Å². The third-order valence-electron chi connectivity index (χ3n) is 0.223. The highest BCUT2D eigenvalue weighted by atomic mass is 16.9. The van der Waals surface area contributed by atoms with E-state index in [2.05, 4.69) is 4.94 Å². The van der Waals surface area contributed by atoms with Crippen molar-refractivity contribution in [3.8, 4) is 0 Å². The van der Waals surface area contributed by atoms with Crippen LogP contribution >= 0.6 is 0 Å². The molecule has 0 saturated heterocycles. The van der Waals surface area contributed by atoms with Crippen molar-refractivity contribution in [3.05, 3.63) is 0 Å². The summed E-state index contributed by atoms with van der Waals surface area (Å²) in [5, 5.41) is 9.04. The Labute approximate surface area is 36.2 Å². The molecule has 6 heavy (non-hydrogen) atoms. The van der Waals surface area contributed by atoms with Crippen LogP contribution in [0.5, 0.6) is 0 Å². The molecule has 0 aliphatic carbocycles. The number of nitrogens with one attached hydrogen (secondary N) is 1. The zero-order valence-electron chi connectivity index (χ0n) is 3.80. The Morgan fingerprint density at radius 2 is 2.17 bits per heavy atom. The molecule has 0 aliphatic rings. The highest BCUT2D eigenvalue weighted by Crippen LogP contribution is 1.64. The standard InChI is InChI=1S/C2H8N2O2/c1-4(2)6-3-5/h3,5H,1-2H3. The zero-order valence-corrected chi connectivity index (χ0v) is 3.80. The molecule has 0 unspecified atom stereocenters. The summed E-state index contributed by atoms with van der Waals surface area (Å²) in [6, 6.07) is 0. The van der Waals surface area contributed by atoms with E-state index in [1.165, 1.54) is 10.7 Å². The molecule has 0 aromatic heterocycles. The fourth-order valence-corrected chi connectivity index (χ4v) is 0.0816. The lowest BCUT2D eigenvalue weighted by Crippen LogP contribution is -2.21. The molecule has 0 aromatic carbocycles. The van der Waals surface area contributed by atoms with Crippen LogP contribution in [0.2, 0.25) is 0 Å². The normalized spacial score (nSPS) is 10.0. The van der Waals surface area contributed by atoms with E-state index in [0.717, 1.165) is 0 Å². The minimum absolute atomic E-state index is 1.32. The maximum Gasteiger partial charge on any atom is 0.0143 e. The number of hydrogen-bond donors (Lipinski definition) is 2. The second-order valence-electron chi connectivity index (χ2n) is 0.995. The second kappa shape index (κ2) is 3.05. The predicted molar refractivity (Wildman–Crippen MR) is 19.7 cm³/mol. The summed E-state index contributed by atoms with van der Waals surface area (Å²) in [7, 11) is 3.28. The first-order chi connectivity index (χ1) is 2.77. The van der Waals surface area contributed by atoms with Gasteiger partial charge in [0, 0.05) is 14.1 Å². The fraction of sp³-hybridized carbons (Fsp3) is 1.00. The lowest BCUT2D eigenvalue weighted by molar-refractivity contribution is -0.265. The minimum Gasteiger partial charge on any atom is -0.291 e. The molecule has 0 spiro atoms. The molecule has 0 radical (unpaired) electrons. The van der Waals surface area contributed by atoms with Crippen molar-refractivity contribution in [1.29, 1.82) is 0 Å². The van der Waals surface area contributed by atoms with E-state index in [1.54, 1.807) is 14.1 Å². The van der Waals surface area contributed by atoms with Crippen molar-refractivity contribution in [2.75, 3.05) is 14.1 Å². The molecule has 0 fully saturated rings. The highest BCUT2D eigenvalue weighted by molar-refractivity contribution is 3.96. The molecule has 4 heteroatoms. The smallest absolute Gasteiger partial charge is 0.0143 e. The lowest BCUT2D eigenvalue weighted by atomic mass is 11.2. The number of hydroxylamine groups is 2. The van der Waals surface area contributed by atoms with E-state index >= 15 is 0 Å². The molecule has 0 aromatic rings. The van der Waals surface area contributed by atoms with Gasteiger partial charge in [-0.3, -0.25) is 5.21 Å². The summed E-state index contributed by atoms with van der Waals surface area (Å²) in [5.74, 6) is 0. The Bertz CT molecular complexity index is 30.7. The van der Waals surface area contributed by atoms with E-state index in [4.69, 9.17) is 5.21 Å². The van der Waals surface area contributed by atoms with Crippen LogP contribution in [0.4, 0.5) is 0 Å². The van der Waals surface area contributed by atoms with Gasteiger partial charge in [-0.2, -0.15) is 10.0 Å². The highest BCUT2D eigenvalue weighted by Gasteiger charge is 1.78. The van der Waals surface area contributed by atoms with E-state index in [1.807, 2.05) is 0 Å². The number of hydrogen-bond acceptors (Lipinski definition) is 4. The van der Waals surface area contributed by atoms with E-state index in [0.29, 0.717) is 0 Å². The Hall–Kier alpha value is -0.160. The number of nitrogens with zero attached hydrogens (tertiary/aromatic N) is 1. The molecular weight excluding hydrogens is 84.0 g/mol. The molecule has 0 amide bonds. The SMILES string of the molecule is CN(C)ONO. The third-order valence-corrected chi connectivity index (χ3v) is 0.223. The Morgan fingerprint density at radius 1 is 1.67 bits per heavy atom. The molecule has 0 bridgehead atoms. The van der Waals surface area contributed by atoms with Gasteiger partial charge in [0.05, 0.1) is 0 Å². The van der Waals surface area contributed by atoms with Crippen LogP contribution < -0.4 is 5.64 Å². The minimum atomic E-state index is 1.32. The van der Waals surface area contributed by atoms with Gasteiger partial charge >= 0.3 is 0 Å². The summed E-state index contributed by atoms with van der Waals surface area (Å²) < 4.78 is 0. The van der Waals surface area contributed by atoms with Crippen molar-refractivity contribution in [3.63, 3.8) is 0 Å². The van der Waals surface area contributed by atoms with Crippen molar-refractivity contribution in [2.45, 2.75) is 0 Å². The molecular formula is C2H8N2O2. The Balaban J connectivity index is 2.63. The third kappa shape index (κ3) is 3.84. The largest absolute Gasteiger partial charge is 0.291 e. The van der Waals surface area contributed by atoms with Crippen LogP contribution in [-0.2, 0) is 4.94 Å². The van der Waals surface area contributed by atoms with Crippen molar-refractivity contribution in [2.24, 2.45) is 0 Å².